The third-order valence-corrected chi connectivity index (χ3v) is 5.91. The van der Waals surface area contributed by atoms with Gasteiger partial charge in [0.25, 0.3) is 0 Å². The zero-order chi connectivity index (χ0) is 23.7. The molecule has 1 saturated heterocycles. The number of pyridine rings is 1. The molecule has 1 aliphatic rings. The lowest BCUT2D eigenvalue weighted by atomic mass is 9.86. The van der Waals surface area contributed by atoms with Crippen LogP contribution >= 0.6 is 0 Å². The maximum atomic E-state index is 14.7. The van der Waals surface area contributed by atoms with Crippen molar-refractivity contribution in [1.82, 2.24) is 29.9 Å². The van der Waals surface area contributed by atoms with Crippen LogP contribution in [0.2, 0.25) is 0 Å². The van der Waals surface area contributed by atoms with Crippen LogP contribution in [0.3, 0.4) is 0 Å². The van der Waals surface area contributed by atoms with E-state index in [1.54, 1.807) is 23.0 Å². The molecule has 1 unspecified atom stereocenters. The van der Waals surface area contributed by atoms with Gasteiger partial charge in [0.1, 0.15) is 17.6 Å². The van der Waals surface area contributed by atoms with Crippen molar-refractivity contribution in [2.45, 2.75) is 25.3 Å². The van der Waals surface area contributed by atoms with Crippen LogP contribution in [-0.2, 0) is 16.7 Å². The van der Waals surface area contributed by atoms with Gasteiger partial charge in [-0.25, -0.2) is 19.0 Å². The first kappa shape index (κ1) is 21.6. The molecule has 10 heteroatoms. The molecule has 0 amide bonds. The standard InChI is InChI=1S/C24H21FN8O/c1-24(8-9-34-14-24)21-7-3-5-16(28-21)12-33-13-20(31-32-33)19-10-18(29-23(27)30-19)17-6-2-4-15(11-26)22(17)25/h2-7,10,13H,8-9,12,14H2,1H3,(H2,27,29,30). The average molecular weight is 456 g/mol. The molecule has 0 spiro atoms. The summed E-state index contributed by atoms with van der Waals surface area (Å²) < 4.78 is 21.9. The SMILES string of the molecule is CC1(c2cccc(Cn3cc(-c4cc(-c5cccc(C#N)c5F)nc(N)n4)nn3)n2)CCOC1. The van der Waals surface area contributed by atoms with Gasteiger partial charge in [-0.3, -0.25) is 4.98 Å². The van der Waals surface area contributed by atoms with E-state index in [1.807, 2.05) is 24.3 Å². The van der Waals surface area contributed by atoms with Gasteiger partial charge in [0, 0.05) is 23.3 Å². The number of nitrogen functional groups attached to an aromatic ring is 1. The first-order valence-corrected chi connectivity index (χ1v) is 10.7. The van der Waals surface area contributed by atoms with Crippen LogP contribution in [0.15, 0.2) is 48.7 Å². The summed E-state index contributed by atoms with van der Waals surface area (Å²) >= 11 is 0. The highest BCUT2D eigenvalue weighted by molar-refractivity contribution is 5.68. The Balaban J connectivity index is 1.42. The minimum absolute atomic E-state index is 0.0368. The van der Waals surface area contributed by atoms with Crippen LogP contribution in [0, 0.1) is 17.1 Å². The second kappa shape index (κ2) is 8.61. The van der Waals surface area contributed by atoms with Crippen molar-refractivity contribution in [3.63, 3.8) is 0 Å². The predicted octanol–water partition coefficient (Wildman–Crippen LogP) is 3.12. The van der Waals surface area contributed by atoms with Gasteiger partial charge >= 0.3 is 0 Å². The fourth-order valence-electron chi connectivity index (χ4n) is 3.98. The number of ether oxygens (including phenoxy) is 1. The fraction of sp³-hybridized carbons (Fsp3) is 0.250. The molecule has 3 aromatic heterocycles. The zero-order valence-corrected chi connectivity index (χ0v) is 18.4. The lowest BCUT2D eigenvalue weighted by Gasteiger charge is -2.21. The largest absolute Gasteiger partial charge is 0.380 e. The van der Waals surface area contributed by atoms with Gasteiger partial charge < -0.3 is 10.5 Å². The number of nitrogens with two attached hydrogens (primary N) is 1. The van der Waals surface area contributed by atoms with Crippen LogP contribution in [0.1, 0.15) is 30.3 Å². The smallest absolute Gasteiger partial charge is 0.221 e. The average Bonchev–Trinajstić information content (AvgIpc) is 3.49. The van der Waals surface area contributed by atoms with E-state index in [9.17, 15) is 4.39 Å². The lowest BCUT2D eigenvalue weighted by molar-refractivity contribution is 0.180. The molecule has 1 atom stereocenters. The minimum Gasteiger partial charge on any atom is -0.380 e. The van der Waals surface area contributed by atoms with Gasteiger partial charge in [-0.05, 0) is 36.8 Å². The monoisotopic (exact) mass is 456 g/mol. The topological polar surface area (TPSA) is 128 Å². The summed E-state index contributed by atoms with van der Waals surface area (Å²) in [7, 11) is 0. The second-order valence-corrected chi connectivity index (χ2v) is 8.45. The quantitative estimate of drug-likeness (QED) is 0.485. The molecule has 1 aliphatic heterocycles. The summed E-state index contributed by atoms with van der Waals surface area (Å²) in [6.45, 7) is 3.98. The van der Waals surface area contributed by atoms with Crippen molar-refractivity contribution in [1.29, 1.82) is 5.26 Å². The van der Waals surface area contributed by atoms with E-state index in [1.165, 1.54) is 12.1 Å². The lowest BCUT2D eigenvalue weighted by Crippen LogP contribution is -2.24. The number of hydrogen-bond donors (Lipinski definition) is 1. The fourth-order valence-corrected chi connectivity index (χ4v) is 3.98. The molecule has 4 heterocycles. The zero-order valence-electron chi connectivity index (χ0n) is 18.4. The highest BCUT2D eigenvalue weighted by atomic mass is 19.1. The van der Waals surface area contributed by atoms with E-state index < -0.39 is 5.82 Å². The molecule has 1 fully saturated rings. The first-order chi connectivity index (χ1) is 16.4. The van der Waals surface area contributed by atoms with Crippen LogP contribution in [-0.4, -0.2) is 43.2 Å². The van der Waals surface area contributed by atoms with Gasteiger partial charge in [-0.2, -0.15) is 5.26 Å². The number of hydrogen-bond acceptors (Lipinski definition) is 8. The molecule has 2 N–H and O–H groups in total. The molecule has 34 heavy (non-hydrogen) atoms. The van der Waals surface area contributed by atoms with Gasteiger partial charge in [0.15, 0.2) is 0 Å². The number of halogens is 1. The second-order valence-electron chi connectivity index (χ2n) is 8.45. The Labute approximate surface area is 195 Å². The van der Waals surface area contributed by atoms with Gasteiger partial charge in [-0.1, -0.05) is 24.3 Å². The van der Waals surface area contributed by atoms with E-state index in [4.69, 9.17) is 20.7 Å². The number of benzene rings is 1. The maximum absolute atomic E-state index is 14.7. The number of aromatic nitrogens is 6. The summed E-state index contributed by atoms with van der Waals surface area (Å²) in [6.07, 6.45) is 2.66. The van der Waals surface area contributed by atoms with E-state index in [0.29, 0.717) is 24.5 Å². The third-order valence-electron chi connectivity index (χ3n) is 5.91. The Hall–Kier alpha value is -4.23. The molecule has 0 saturated carbocycles. The molecule has 4 aromatic rings. The van der Waals surface area contributed by atoms with Crippen molar-refractivity contribution in [2.75, 3.05) is 18.9 Å². The summed E-state index contributed by atoms with van der Waals surface area (Å²) in [5.74, 6) is -0.699. The molecule has 0 aliphatic carbocycles. The molecule has 0 bridgehead atoms. The molecule has 1 aromatic carbocycles. The number of nitrogens with zero attached hydrogens (tertiary/aromatic N) is 7. The summed E-state index contributed by atoms with van der Waals surface area (Å²) in [5.41, 5.74) is 8.84. The van der Waals surface area contributed by atoms with E-state index >= 15 is 0 Å². The number of nitriles is 1. The van der Waals surface area contributed by atoms with Crippen molar-refractivity contribution in [3.05, 3.63) is 71.4 Å². The Kier molecular flexibility index (Phi) is 5.47. The Morgan fingerprint density at radius 1 is 1.15 bits per heavy atom. The molecule has 170 valence electrons. The van der Waals surface area contributed by atoms with E-state index in [0.717, 1.165) is 24.4 Å². The van der Waals surface area contributed by atoms with E-state index in [-0.39, 0.29) is 28.2 Å². The van der Waals surface area contributed by atoms with Crippen LogP contribution in [0.5, 0.6) is 0 Å². The van der Waals surface area contributed by atoms with Crippen LogP contribution in [0.4, 0.5) is 10.3 Å². The van der Waals surface area contributed by atoms with Gasteiger partial charge in [0.05, 0.1) is 42.0 Å². The third kappa shape index (κ3) is 4.09. The van der Waals surface area contributed by atoms with Crippen molar-refractivity contribution < 1.29 is 9.13 Å². The molecular weight excluding hydrogens is 435 g/mol. The summed E-state index contributed by atoms with van der Waals surface area (Å²) in [4.78, 5) is 13.2. The molecule has 9 nitrogen and oxygen atoms in total. The first-order valence-electron chi connectivity index (χ1n) is 10.7. The van der Waals surface area contributed by atoms with E-state index in [2.05, 4.69) is 27.2 Å². The number of rotatable bonds is 5. The summed E-state index contributed by atoms with van der Waals surface area (Å²) in [6, 6.07) is 13.9. The van der Waals surface area contributed by atoms with Crippen molar-refractivity contribution >= 4 is 5.95 Å². The molecular formula is C24H21FN8O. The Morgan fingerprint density at radius 3 is 2.76 bits per heavy atom. The molecule has 0 radical (unpaired) electrons. The normalized spacial score (nSPS) is 17.6. The highest BCUT2D eigenvalue weighted by Crippen LogP contribution is 2.31. The number of anilines is 1. The van der Waals surface area contributed by atoms with Crippen molar-refractivity contribution in [2.24, 2.45) is 0 Å². The van der Waals surface area contributed by atoms with Gasteiger partial charge in [-0.15, -0.1) is 5.10 Å². The predicted molar refractivity (Wildman–Crippen MR) is 122 cm³/mol. The summed E-state index contributed by atoms with van der Waals surface area (Å²) in [5, 5.41) is 17.5. The van der Waals surface area contributed by atoms with Crippen LogP contribution in [0.25, 0.3) is 22.6 Å². The Bertz CT molecular complexity index is 1400. The maximum Gasteiger partial charge on any atom is 0.221 e. The molecule has 5 rings (SSSR count). The highest BCUT2D eigenvalue weighted by Gasteiger charge is 2.33. The van der Waals surface area contributed by atoms with Gasteiger partial charge in [0.2, 0.25) is 5.95 Å². The minimum atomic E-state index is -0.662. The van der Waals surface area contributed by atoms with Crippen molar-refractivity contribution in [3.8, 4) is 28.7 Å². The van der Waals surface area contributed by atoms with Crippen LogP contribution < -0.4 is 5.73 Å². The Morgan fingerprint density at radius 2 is 1.97 bits per heavy atom.